The van der Waals surface area contributed by atoms with Crippen LogP contribution in [0.25, 0.3) is 11.5 Å². The molecule has 0 amide bonds. The molecule has 0 radical (unpaired) electrons. The van der Waals surface area contributed by atoms with Gasteiger partial charge in [0.2, 0.25) is 5.76 Å². The van der Waals surface area contributed by atoms with Crippen LogP contribution in [0.15, 0.2) is 33.4 Å². The van der Waals surface area contributed by atoms with Crippen LogP contribution in [0.1, 0.15) is 26.5 Å². The number of hydrogen-bond donors (Lipinski definition) is 1. The molecule has 0 aromatic carbocycles. The summed E-state index contributed by atoms with van der Waals surface area (Å²) in [6.45, 7) is 7.73. The summed E-state index contributed by atoms with van der Waals surface area (Å²) in [7, 11) is 0. The summed E-state index contributed by atoms with van der Waals surface area (Å²) in [5, 5.41) is 13.9. The van der Waals surface area contributed by atoms with Gasteiger partial charge in [0.05, 0.1) is 17.6 Å². The molecule has 0 saturated carbocycles. The van der Waals surface area contributed by atoms with Crippen LogP contribution >= 0.6 is 0 Å². The second-order valence-electron chi connectivity index (χ2n) is 5.28. The summed E-state index contributed by atoms with van der Waals surface area (Å²) >= 11 is 0. The van der Waals surface area contributed by atoms with Crippen LogP contribution in [0.4, 0.5) is 0 Å². The lowest BCUT2D eigenvalue weighted by atomic mass is 10.1. The van der Waals surface area contributed by atoms with E-state index >= 15 is 0 Å². The highest BCUT2D eigenvalue weighted by atomic mass is 16.5. The summed E-state index contributed by atoms with van der Waals surface area (Å²) in [5.41, 5.74) is 0.112. The standard InChI is InChI=1S/C14H20N2O3/c1-4-16(10-14(2,3)17)9-11-8-13(19-15-11)12-6-5-7-18-12/h5-8,17H,4,9-10H2,1-3H3. The Kier molecular flexibility index (Phi) is 4.07. The van der Waals surface area contributed by atoms with Crippen LogP contribution < -0.4 is 0 Å². The molecule has 5 nitrogen and oxygen atoms in total. The molecule has 0 unspecified atom stereocenters. The van der Waals surface area contributed by atoms with Gasteiger partial charge < -0.3 is 14.0 Å². The SMILES string of the molecule is CCN(Cc1cc(-c2ccco2)on1)CC(C)(C)O. The van der Waals surface area contributed by atoms with E-state index in [2.05, 4.69) is 17.0 Å². The van der Waals surface area contributed by atoms with Crippen molar-refractivity contribution in [3.8, 4) is 11.5 Å². The number of nitrogens with zero attached hydrogens (tertiary/aromatic N) is 2. The highest BCUT2D eigenvalue weighted by molar-refractivity contribution is 5.49. The Morgan fingerprint density at radius 3 is 2.74 bits per heavy atom. The molecule has 1 N–H and O–H groups in total. The molecule has 2 aromatic heterocycles. The molecule has 0 aliphatic carbocycles. The van der Waals surface area contributed by atoms with Gasteiger partial charge in [0.1, 0.15) is 0 Å². The molecule has 0 aliphatic rings. The molecule has 0 aliphatic heterocycles. The number of hydrogen-bond acceptors (Lipinski definition) is 5. The van der Waals surface area contributed by atoms with Gasteiger partial charge in [-0.3, -0.25) is 4.90 Å². The minimum Gasteiger partial charge on any atom is -0.461 e. The van der Waals surface area contributed by atoms with Crippen LogP contribution in [-0.2, 0) is 6.54 Å². The lowest BCUT2D eigenvalue weighted by Crippen LogP contribution is -2.38. The molecule has 0 bridgehead atoms. The Labute approximate surface area is 112 Å². The van der Waals surface area contributed by atoms with E-state index in [1.54, 1.807) is 20.1 Å². The summed E-state index contributed by atoms with van der Waals surface area (Å²) in [6.07, 6.45) is 1.60. The van der Waals surface area contributed by atoms with Gasteiger partial charge in [0.25, 0.3) is 0 Å². The van der Waals surface area contributed by atoms with Crippen LogP contribution in [0.3, 0.4) is 0 Å². The molecular weight excluding hydrogens is 244 g/mol. The van der Waals surface area contributed by atoms with E-state index in [4.69, 9.17) is 8.94 Å². The van der Waals surface area contributed by atoms with E-state index in [-0.39, 0.29) is 0 Å². The highest BCUT2D eigenvalue weighted by Crippen LogP contribution is 2.21. The molecule has 0 fully saturated rings. The molecule has 2 aromatic rings. The quantitative estimate of drug-likeness (QED) is 0.868. The smallest absolute Gasteiger partial charge is 0.202 e. The van der Waals surface area contributed by atoms with Gasteiger partial charge >= 0.3 is 0 Å². The minimum atomic E-state index is -0.719. The molecule has 0 saturated heterocycles. The van der Waals surface area contributed by atoms with Crippen LogP contribution in [0, 0.1) is 0 Å². The summed E-state index contributed by atoms with van der Waals surface area (Å²) in [4.78, 5) is 2.11. The average Bonchev–Trinajstić information content (AvgIpc) is 2.95. The minimum absolute atomic E-state index is 0.590. The maximum Gasteiger partial charge on any atom is 0.202 e. The van der Waals surface area contributed by atoms with Crippen molar-refractivity contribution in [2.24, 2.45) is 0 Å². The third kappa shape index (κ3) is 3.94. The first-order chi connectivity index (χ1) is 8.98. The zero-order chi connectivity index (χ0) is 13.9. The Hall–Kier alpha value is -1.59. The van der Waals surface area contributed by atoms with Crippen molar-refractivity contribution in [3.63, 3.8) is 0 Å². The van der Waals surface area contributed by atoms with Crippen molar-refractivity contribution >= 4 is 0 Å². The van der Waals surface area contributed by atoms with Crippen molar-refractivity contribution in [2.45, 2.75) is 32.9 Å². The topological polar surface area (TPSA) is 62.6 Å². The number of likely N-dealkylation sites (N-methyl/N-ethyl adjacent to an activating group) is 1. The first-order valence-electron chi connectivity index (χ1n) is 6.42. The van der Waals surface area contributed by atoms with Crippen molar-refractivity contribution in [2.75, 3.05) is 13.1 Å². The predicted octanol–water partition coefficient (Wildman–Crippen LogP) is 2.53. The van der Waals surface area contributed by atoms with E-state index in [0.717, 1.165) is 12.2 Å². The van der Waals surface area contributed by atoms with Crippen molar-refractivity contribution in [3.05, 3.63) is 30.2 Å². The fraction of sp³-hybridized carbons (Fsp3) is 0.500. The largest absolute Gasteiger partial charge is 0.461 e. The Balaban J connectivity index is 2.03. The summed E-state index contributed by atoms with van der Waals surface area (Å²) in [6, 6.07) is 5.51. The van der Waals surface area contributed by atoms with Gasteiger partial charge in [-0.1, -0.05) is 12.1 Å². The normalized spacial score (nSPS) is 12.3. The Morgan fingerprint density at radius 2 is 2.16 bits per heavy atom. The second-order valence-corrected chi connectivity index (χ2v) is 5.28. The number of furan rings is 1. The average molecular weight is 264 g/mol. The van der Waals surface area contributed by atoms with Gasteiger partial charge in [-0.25, -0.2) is 0 Å². The maximum atomic E-state index is 9.85. The second kappa shape index (κ2) is 5.59. The van der Waals surface area contributed by atoms with Gasteiger partial charge in [-0.05, 0) is 32.5 Å². The maximum absolute atomic E-state index is 9.85. The van der Waals surface area contributed by atoms with Gasteiger partial charge in [0.15, 0.2) is 5.76 Å². The Morgan fingerprint density at radius 1 is 1.37 bits per heavy atom. The van der Waals surface area contributed by atoms with Crippen LogP contribution in [0.2, 0.25) is 0 Å². The van der Waals surface area contributed by atoms with E-state index in [9.17, 15) is 5.11 Å². The summed E-state index contributed by atoms with van der Waals surface area (Å²) in [5.74, 6) is 1.29. The van der Waals surface area contributed by atoms with E-state index in [1.807, 2.05) is 18.2 Å². The van der Waals surface area contributed by atoms with Gasteiger partial charge in [0, 0.05) is 19.2 Å². The van der Waals surface area contributed by atoms with Gasteiger partial charge in [-0.15, -0.1) is 0 Å². The molecule has 2 rings (SSSR count). The van der Waals surface area contributed by atoms with E-state index in [1.165, 1.54) is 0 Å². The van der Waals surface area contributed by atoms with E-state index < -0.39 is 5.60 Å². The predicted molar refractivity (Wildman–Crippen MR) is 71.5 cm³/mol. The fourth-order valence-electron chi connectivity index (χ4n) is 1.98. The Bertz CT molecular complexity index is 497. The number of aromatic nitrogens is 1. The van der Waals surface area contributed by atoms with Crippen LogP contribution in [0.5, 0.6) is 0 Å². The molecule has 0 atom stereocenters. The highest BCUT2D eigenvalue weighted by Gasteiger charge is 2.19. The first kappa shape index (κ1) is 13.8. The zero-order valence-corrected chi connectivity index (χ0v) is 11.6. The zero-order valence-electron chi connectivity index (χ0n) is 11.6. The first-order valence-corrected chi connectivity index (χ1v) is 6.42. The van der Waals surface area contributed by atoms with Crippen molar-refractivity contribution < 1.29 is 14.0 Å². The molecule has 2 heterocycles. The molecular formula is C14H20N2O3. The molecule has 19 heavy (non-hydrogen) atoms. The third-order valence-electron chi connectivity index (χ3n) is 2.77. The lowest BCUT2D eigenvalue weighted by Gasteiger charge is -2.26. The molecule has 0 spiro atoms. The van der Waals surface area contributed by atoms with E-state index in [0.29, 0.717) is 24.6 Å². The fourth-order valence-corrected chi connectivity index (χ4v) is 1.98. The number of rotatable bonds is 6. The third-order valence-corrected chi connectivity index (χ3v) is 2.77. The van der Waals surface area contributed by atoms with Crippen molar-refractivity contribution in [1.29, 1.82) is 0 Å². The van der Waals surface area contributed by atoms with Crippen molar-refractivity contribution in [1.82, 2.24) is 10.1 Å². The molecule has 104 valence electrons. The summed E-state index contributed by atoms with van der Waals surface area (Å²) < 4.78 is 10.5. The van der Waals surface area contributed by atoms with Crippen LogP contribution in [-0.4, -0.2) is 33.9 Å². The molecule has 5 heteroatoms. The number of aliphatic hydroxyl groups is 1. The monoisotopic (exact) mass is 264 g/mol. The van der Waals surface area contributed by atoms with Gasteiger partial charge in [-0.2, -0.15) is 0 Å². The lowest BCUT2D eigenvalue weighted by molar-refractivity contribution is 0.0347.